The highest BCUT2D eigenvalue weighted by atomic mass is 32.2. The Morgan fingerprint density at radius 1 is 0.870 bits per heavy atom. The van der Waals surface area contributed by atoms with E-state index in [4.69, 9.17) is 4.18 Å². The largest absolute Gasteiger partial charge is 0.379 e. The molecule has 2 rings (SSSR count). The zero-order valence-electron chi connectivity index (χ0n) is 14.6. The van der Waals surface area contributed by atoms with E-state index >= 15 is 0 Å². The maximum absolute atomic E-state index is 12.6. The molecule has 2 aromatic carbocycles. The zero-order valence-corrected chi connectivity index (χ0v) is 15.4. The molecule has 4 heteroatoms. The Morgan fingerprint density at radius 3 is 1.78 bits per heavy atom. The Bertz CT molecular complexity index is 788. The summed E-state index contributed by atoms with van der Waals surface area (Å²) in [4.78, 5) is 0.253. The Labute approximate surface area is 139 Å². The fourth-order valence-electron chi connectivity index (χ4n) is 2.74. The molecule has 124 valence electrons. The van der Waals surface area contributed by atoms with Crippen LogP contribution in [0.2, 0.25) is 0 Å². The van der Waals surface area contributed by atoms with Crippen molar-refractivity contribution in [3.8, 4) is 5.75 Å². The van der Waals surface area contributed by atoms with E-state index < -0.39 is 10.1 Å². The summed E-state index contributed by atoms with van der Waals surface area (Å²) in [5, 5.41) is 0. The molecule has 2 aromatic rings. The van der Waals surface area contributed by atoms with Crippen molar-refractivity contribution < 1.29 is 12.6 Å². The Balaban J connectivity index is 2.36. The molecule has 0 saturated carbocycles. The molecule has 0 atom stereocenters. The van der Waals surface area contributed by atoms with Gasteiger partial charge in [-0.2, -0.15) is 8.42 Å². The normalized spacial score (nSPS) is 12.3. The Kier molecular flexibility index (Phi) is 4.58. The van der Waals surface area contributed by atoms with Gasteiger partial charge in [0.2, 0.25) is 0 Å². The second-order valence-electron chi connectivity index (χ2n) is 7.04. The van der Waals surface area contributed by atoms with Gasteiger partial charge in [-0.15, -0.1) is 0 Å². The molecule has 0 aliphatic heterocycles. The quantitative estimate of drug-likeness (QED) is 0.767. The van der Waals surface area contributed by atoms with Crippen molar-refractivity contribution in [2.24, 2.45) is 0 Å². The average Bonchev–Trinajstić information content (AvgIpc) is 2.35. The topological polar surface area (TPSA) is 43.4 Å². The van der Waals surface area contributed by atoms with Crippen molar-refractivity contribution in [2.45, 2.75) is 51.9 Å². The van der Waals surface area contributed by atoms with Crippen molar-refractivity contribution in [1.29, 1.82) is 0 Å². The van der Waals surface area contributed by atoms with Gasteiger partial charge in [0.05, 0.1) is 0 Å². The molecule has 0 heterocycles. The van der Waals surface area contributed by atoms with Gasteiger partial charge in [0.15, 0.2) is 0 Å². The van der Waals surface area contributed by atoms with Gasteiger partial charge in [0.1, 0.15) is 10.6 Å². The molecule has 0 fully saturated rings. The summed E-state index contributed by atoms with van der Waals surface area (Å²) in [6.45, 7) is 11.9. The molecule has 23 heavy (non-hydrogen) atoms. The first-order valence-electron chi connectivity index (χ1n) is 7.63. The fraction of sp³-hybridized carbons (Fsp3) is 0.368. The minimum absolute atomic E-state index is 0.0154. The van der Waals surface area contributed by atoms with Gasteiger partial charge in [-0.1, -0.05) is 50.6 Å². The van der Waals surface area contributed by atoms with Crippen molar-refractivity contribution in [1.82, 2.24) is 0 Å². The van der Waals surface area contributed by atoms with E-state index in [1.54, 1.807) is 26.0 Å². The van der Waals surface area contributed by atoms with Crippen molar-refractivity contribution in [3.05, 3.63) is 58.7 Å². The summed E-state index contributed by atoms with van der Waals surface area (Å²) in [7, 11) is -3.84. The molecular weight excluding hydrogens is 308 g/mol. The average molecular weight is 332 g/mol. The molecule has 0 amide bonds. The highest BCUT2D eigenvalue weighted by Gasteiger charge is 2.22. The van der Waals surface area contributed by atoms with Gasteiger partial charge in [-0.25, -0.2) is 0 Å². The van der Waals surface area contributed by atoms with E-state index in [0.29, 0.717) is 16.9 Å². The molecule has 3 nitrogen and oxygen atoms in total. The fourth-order valence-corrected chi connectivity index (χ4v) is 4.09. The monoisotopic (exact) mass is 332 g/mol. The van der Waals surface area contributed by atoms with E-state index in [0.717, 1.165) is 11.1 Å². The lowest BCUT2D eigenvalue weighted by molar-refractivity contribution is 0.484. The maximum atomic E-state index is 12.6. The number of rotatable bonds is 3. The van der Waals surface area contributed by atoms with E-state index in [1.165, 1.54) is 0 Å². The second-order valence-corrected chi connectivity index (χ2v) is 8.52. The standard InChI is InChI=1S/C19H24O3S/c1-13-11-14(2)18(15(3)12-13)23(20,21)22-17-9-7-16(8-10-17)19(4,5)6/h7-12H,1-6H3. The van der Waals surface area contributed by atoms with Crippen LogP contribution in [0.3, 0.4) is 0 Å². The van der Waals surface area contributed by atoms with E-state index in [2.05, 4.69) is 20.8 Å². The first-order valence-corrected chi connectivity index (χ1v) is 9.04. The van der Waals surface area contributed by atoms with Crippen LogP contribution in [0.4, 0.5) is 0 Å². The lowest BCUT2D eigenvalue weighted by Crippen LogP contribution is -2.14. The van der Waals surface area contributed by atoms with Crippen LogP contribution in [-0.4, -0.2) is 8.42 Å². The van der Waals surface area contributed by atoms with Crippen molar-refractivity contribution in [3.63, 3.8) is 0 Å². The number of hydrogen-bond donors (Lipinski definition) is 0. The summed E-state index contributed by atoms with van der Waals surface area (Å²) >= 11 is 0. The third kappa shape index (κ3) is 3.94. The second kappa shape index (κ2) is 6.00. The number of aryl methyl sites for hydroxylation is 3. The molecule has 0 N–H and O–H groups in total. The smallest absolute Gasteiger partial charge is 0.339 e. The predicted octanol–water partition coefficient (Wildman–Crippen LogP) is 4.68. The first kappa shape index (κ1) is 17.5. The lowest BCUT2D eigenvalue weighted by atomic mass is 9.87. The molecule has 0 radical (unpaired) electrons. The van der Waals surface area contributed by atoms with Crippen LogP contribution in [0, 0.1) is 20.8 Å². The predicted molar refractivity (Wildman–Crippen MR) is 93.6 cm³/mol. The van der Waals surface area contributed by atoms with Gasteiger partial charge >= 0.3 is 10.1 Å². The van der Waals surface area contributed by atoms with Crippen LogP contribution in [0.15, 0.2) is 41.3 Å². The Morgan fingerprint density at radius 2 is 1.35 bits per heavy atom. The lowest BCUT2D eigenvalue weighted by Gasteiger charge is -2.19. The molecule has 0 aliphatic rings. The maximum Gasteiger partial charge on any atom is 0.339 e. The van der Waals surface area contributed by atoms with Crippen LogP contribution in [-0.2, 0) is 15.5 Å². The molecule has 0 unspecified atom stereocenters. The molecule has 0 saturated heterocycles. The van der Waals surface area contributed by atoms with Crippen molar-refractivity contribution >= 4 is 10.1 Å². The van der Waals surface area contributed by atoms with Crippen LogP contribution in [0.25, 0.3) is 0 Å². The highest BCUT2D eigenvalue weighted by Crippen LogP contribution is 2.28. The molecule has 0 aliphatic carbocycles. The van der Waals surface area contributed by atoms with Crippen molar-refractivity contribution in [2.75, 3.05) is 0 Å². The summed E-state index contributed by atoms with van der Waals surface area (Å²) in [5.41, 5.74) is 3.59. The number of benzene rings is 2. The van der Waals surface area contributed by atoms with E-state index in [1.807, 2.05) is 31.2 Å². The minimum Gasteiger partial charge on any atom is -0.379 e. The molecular formula is C19H24O3S. The third-order valence-corrected chi connectivity index (χ3v) is 5.34. The van der Waals surface area contributed by atoms with Gasteiger partial charge in [0, 0.05) is 0 Å². The SMILES string of the molecule is Cc1cc(C)c(S(=O)(=O)Oc2ccc(C(C)(C)C)cc2)c(C)c1. The van der Waals surface area contributed by atoms with Crippen LogP contribution < -0.4 is 4.18 Å². The highest BCUT2D eigenvalue weighted by molar-refractivity contribution is 7.87. The molecule has 0 bridgehead atoms. The van der Waals surface area contributed by atoms with E-state index in [9.17, 15) is 8.42 Å². The molecule has 0 spiro atoms. The zero-order chi connectivity index (χ0) is 17.4. The summed E-state index contributed by atoms with van der Waals surface area (Å²) in [5.74, 6) is 0.331. The van der Waals surface area contributed by atoms with Gasteiger partial charge in [-0.3, -0.25) is 0 Å². The first-order chi connectivity index (χ1) is 10.5. The third-order valence-electron chi connectivity index (χ3n) is 3.78. The van der Waals surface area contributed by atoms with Gasteiger partial charge in [-0.05, 0) is 55.0 Å². The minimum atomic E-state index is -3.84. The van der Waals surface area contributed by atoms with Crippen LogP contribution >= 0.6 is 0 Å². The number of hydrogen-bond acceptors (Lipinski definition) is 3. The Hall–Kier alpha value is -1.81. The van der Waals surface area contributed by atoms with Crippen LogP contribution in [0.1, 0.15) is 43.0 Å². The molecule has 0 aromatic heterocycles. The summed E-state index contributed by atoms with van der Waals surface area (Å²) in [6.07, 6.45) is 0. The van der Waals surface area contributed by atoms with Crippen LogP contribution in [0.5, 0.6) is 5.75 Å². The van der Waals surface area contributed by atoms with E-state index in [-0.39, 0.29) is 10.3 Å². The van der Waals surface area contributed by atoms with Gasteiger partial charge in [0.25, 0.3) is 0 Å². The summed E-state index contributed by atoms with van der Waals surface area (Å²) < 4.78 is 30.6. The summed E-state index contributed by atoms with van der Waals surface area (Å²) in [6, 6.07) is 10.9. The van der Waals surface area contributed by atoms with Gasteiger partial charge < -0.3 is 4.18 Å².